The minimum atomic E-state index is -0.959. The Morgan fingerprint density at radius 1 is 1.23 bits per heavy atom. The standard InChI is InChI=1S/C22H27N5O3/c1-13-11-15(21(29)30)9-10-17(13)24-22-23-12-18-19(25-22)27(14(2)20(28)26(18)3)16-7-5-4-6-8-16/h9-12,14,16H,4-8H2,1-3H3,(H,29,30)(H,23,24,25). The van der Waals surface area contributed by atoms with Gasteiger partial charge in [0.2, 0.25) is 11.9 Å². The first kappa shape index (κ1) is 20.1. The number of carbonyl (C=O) groups is 2. The molecule has 0 bridgehead atoms. The van der Waals surface area contributed by atoms with Crippen LogP contribution in [0.1, 0.15) is 54.9 Å². The van der Waals surface area contributed by atoms with Crippen LogP contribution in [0.2, 0.25) is 0 Å². The molecule has 0 saturated heterocycles. The van der Waals surface area contributed by atoms with Crippen LogP contribution < -0.4 is 15.1 Å². The van der Waals surface area contributed by atoms with Gasteiger partial charge in [-0.15, -0.1) is 0 Å². The lowest BCUT2D eigenvalue weighted by molar-refractivity contribution is -0.119. The van der Waals surface area contributed by atoms with Crippen LogP contribution >= 0.6 is 0 Å². The zero-order chi connectivity index (χ0) is 21.4. The molecule has 1 amide bonds. The molecular formula is C22H27N5O3. The molecule has 1 aliphatic carbocycles. The van der Waals surface area contributed by atoms with Crippen molar-refractivity contribution >= 4 is 35.0 Å². The van der Waals surface area contributed by atoms with E-state index in [0.717, 1.165) is 29.9 Å². The number of aromatic nitrogens is 2. The summed E-state index contributed by atoms with van der Waals surface area (Å²) in [4.78, 5) is 37.0. The van der Waals surface area contributed by atoms with Gasteiger partial charge >= 0.3 is 5.97 Å². The molecule has 4 rings (SSSR count). The molecule has 1 aromatic heterocycles. The van der Waals surface area contributed by atoms with Crippen LogP contribution in [-0.4, -0.2) is 46.1 Å². The van der Waals surface area contributed by atoms with E-state index in [0.29, 0.717) is 17.7 Å². The number of fused-ring (bicyclic) bond motifs is 1. The Bertz CT molecular complexity index is 987. The molecule has 2 N–H and O–H groups in total. The van der Waals surface area contributed by atoms with Crippen LogP contribution in [0.4, 0.5) is 23.1 Å². The molecule has 1 aliphatic heterocycles. The number of likely N-dealkylation sites (N-methyl/N-ethyl adjacent to an activating group) is 1. The lowest BCUT2D eigenvalue weighted by atomic mass is 9.92. The van der Waals surface area contributed by atoms with E-state index in [1.807, 2.05) is 13.8 Å². The van der Waals surface area contributed by atoms with E-state index in [1.165, 1.54) is 19.3 Å². The summed E-state index contributed by atoms with van der Waals surface area (Å²) in [5.74, 6) is 0.293. The van der Waals surface area contributed by atoms with Crippen molar-refractivity contribution in [1.82, 2.24) is 9.97 Å². The highest BCUT2D eigenvalue weighted by atomic mass is 16.4. The molecule has 2 aromatic rings. The molecule has 1 atom stereocenters. The monoisotopic (exact) mass is 409 g/mol. The first-order valence-electron chi connectivity index (χ1n) is 10.4. The van der Waals surface area contributed by atoms with E-state index in [1.54, 1.807) is 36.3 Å². The highest BCUT2D eigenvalue weighted by molar-refractivity contribution is 6.04. The number of hydrogen-bond acceptors (Lipinski definition) is 6. The van der Waals surface area contributed by atoms with Crippen molar-refractivity contribution in [3.05, 3.63) is 35.5 Å². The number of benzene rings is 1. The van der Waals surface area contributed by atoms with Gasteiger partial charge in [0, 0.05) is 18.8 Å². The van der Waals surface area contributed by atoms with Gasteiger partial charge in [0.05, 0.1) is 11.8 Å². The summed E-state index contributed by atoms with van der Waals surface area (Å²) in [5, 5.41) is 12.4. The summed E-state index contributed by atoms with van der Waals surface area (Å²) in [5.41, 5.74) is 2.49. The molecule has 2 aliphatic rings. The van der Waals surface area contributed by atoms with Gasteiger partial charge in [0.1, 0.15) is 11.7 Å². The number of aryl methyl sites for hydroxylation is 1. The number of rotatable bonds is 4. The minimum absolute atomic E-state index is 0.0532. The second-order valence-corrected chi connectivity index (χ2v) is 8.13. The van der Waals surface area contributed by atoms with Gasteiger partial charge in [-0.2, -0.15) is 4.98 Å². The van der Waals surface area contributed by atoms with Crippen molar-refractivity contribution in [2.24, 2.45) is 0 Å². The summed E-state index contributed by atoms with van der Waals surface area (Å²) < 4.78 is 0. The van der Waals surface area contributed by atoms with Crippen molar-refractivity contribution in [3.8, 4) is 0 Å². The molecule has 1 unspecified atom stereocenters. The maximum atomic E-state index is 12.8. The second kappa shape index (κ2) is 7.93. The number of amides is 1. The minimum Gasteiger partial charge on any atom is -0.478 e. The van der Waals surface area contributed by atoms with Gasteiger partial charge in [-0.05, 0) is 50.5 Å². The number of hydrogen-bond donors (Lipinski definition) is 2. The quantitative estimate of drug-likeness (QED) is 0.794. The molecule has 0 spiro atoms. The van der Waals surface area contributed by atoms with E-state index in [-0.39, 0.29) is 17.5 Å². The third-order valence-corrected chi connectivity index (χ3v) is 6.15. The summed E-state index contributed by atoms with van der Waals surface area (Å²) in [6.45, 7) is 3.79. The predicted octanol–water partition coefficient (Wildman–Crippen LogP) is 3.73. The van der Waals surface area contributed by atoms with Crippen molar-refractivity contribution in [2.45, 2.75) is 58.0 Å². The van der Waals surface area contributed by atoms with Crippen molar-refractivity contribution < 1.29 is 14.7 Å². The van der Waals surface area contributed by atoms with Gasteiger partial charge < -0.3 is 20.2 Å². The Labute approximate surface area is 175 Å². The largest absolute Gasteiger partial charge is 0.478 e. The van der Waals surface area contributed by atoms with E-state index >= 15 is 0 Å². The summed E-state index contributed by atoms with van der Waals surface area (Å²) in [7, 11) is 1.76. The van der Waals surface area contributed by atoms with E-state index in [9.17, 15) is 9.59 Å². The fourth-order valence-corrected chi connectivity index (χ4v) is 4.46. The Balaban J connectivity index is 1.69. The number of nitrogens with one attached hydrogen (secondary N) is 1. The van der Waals surface area contributed by atoms with Crippen molar-refractivity contribution in [3.63, 3.8) is 0 Å². The number of anilines is 4. The Morgan fingerprint density at radius 2 is 1.97 bits per heavy atom. The first-order chi connectivity index (χ1) is 14.4. The molecule has 30 heavy (non-hydrogen) atoms. The average Bonchev–Trinajstić information content (AvgIpc) is 2.74. The zero-order valence-corrected chi connectivity index (χ0v) is 17.6. The highest BCUT2D eigenvalue weighted by Crippen LogP contribution is 2.38. The van der Waals surface area contributed by atoms with Crippen LogP contribution in [0.25, 0.3) is 0 Å². The molecular weight excluding hydrogens is 382 g/mol. The Kier molecular flexibility index (Phi) is 5.32. The molecule has 1 saturated carbocycles. The van der Waals surface area contributed by atoms with Crippen LogP contribution in [0.5, 0.6) is 0 Å². The van der Waals surface area contributed by atoms with Gasteiger partial charge in [0.15, 0.2) is 5.82 Å². The number of nitrogens with zero attached hydrogens (tertiary/aromatic N) is 4. The lowest BCUT2D eigenvalue weighted by Crippen LogP contribution is -2.55. The Hall–Kier alpha value is -3.16. The van der Waals surface area contributed by atoms with Crippen molar-refractivity contribution in [2.75, 3.05) is 22.2 Å². The topological polar surface area (TPSA) is 98.7 Å². The van der Waals surface area contributed by atoms with E-state index in [4.69, 9.17) is 10.1 Å². The average molecular weight is 409 g/mol. The summed E-state index contributed by atoms with van der Waals surface area (Å²) in [6.07, 6.45) is 7.37. The third kappa shape index (κ3) is 3.58. The van der Waals surface area contributed by atoms with Gasteiger partial charge in [-0.3, -0.25) is 4.79 Å². The van der Waals surface area contributed by atoms with E-state index in [2.05, 4.69) is 15.2 Å². The SMILES string of the molecule is Cc1cc(C(=O)O)ccc1Nc1ncc2c(n1)N(C1CCCCC1)C(C)C(=O)N2C. The first-order valence-corrected chi connectivity index (χ1v) is 10.4. The maximum Gasteiger partial charge on any atom is 0.335 e. The highest BCUT2D eigenvalue weighted by Gasteiger charge is 2.39. The smallest absolute Gasteiger partial charge is 0.335 e. The normalized spacial score (nSPS) is 19.6. The van der Waals surface area contributed by atoms with Crippen molar-refractivity contribution in [1.29, 1.82) is 0 Å². The van der Waals surface area contributed by atoms with E-state index < -0.39 is 5.97 Å². The predicted molar refractivity (Wildman–Crippen MR) is 116 cm³/mol. The van der Waals surface area contributed by atoms with Gasteiger partial charge in [-0.25, -0.2) is 9.78 Å². The van der Waals surface area contributed by atoms with Crippen LogP contribution in [0, 0.1) is 6.92 Å². The molecule has 8 heteroatoms. The van der Waals surface area contributed by atoms with Gasteiger partial charge in [0.25, 0.3) is 0 Å². The molecule has 158 valence electrons. The number of aromatic carboxylic acids is 1. The summed E-state index contributed by atoms with van der Waals surface area (Å²) >= 11 is 0. The molecule has 2 heterocycles. The second-order valence-electron chi connectivity index (χ2n) is 8.13. The van der Waals surface area contributed by atoms with Crippen LogP contribution in [0.15, 0.2) is 24.4 Å². The number of carboxylic acids is 1. The third-order valence-electron chi connectivity index (χ3n) is 6.15. The van der Waals surface area contributed by atoms with Crippen LogP contribution in [0.3, 0.4) is 0 Å². The molecule has 0 radical (unpaired) electrons. The maximum absolute atomic E-state index is 12.8. The van der Waals surface area contributed by atoms with Crippen LogP contribution in [-0.2, 0) is 4.79 Å². The lowest BCUT2D eigenvalue weighted by Gasteiger charge is -2.44. The van der Waals surface area contributed by atoms with Gasteiger partial charge in [-0.1, -0.05) is 19.3 Å². The summed E-state index contributed by atoms with van der Waals surface area (Å²) in [6, 6.07) is 4.92. The Morgan fingerprint density at radius 3 is 2.63 bits per heavy atom. The molecule has 1 fully saturated rings. The fourth-order valence-electron chi connectivity index (χ4n) is 4.46. The number of carbonyl (C=O) groups excluding carboxylic acids is 1. The molecule has 8 nitrogen and oxygen atoms in total. The number of carboxylic acid groups (broad SMARTS) is 1. The molecule has 1 aromatic carbocycles. The zero-order valence-electron chi connectivity index (χ0n) is 17.6. The fraction of sp³-hybridized carbons (Fsp3) is 0.455.